The molecule has 3 aromatic rings. The maximum atomic E-state index is 13.7. The Labute approximate surface area is 232 Å². The molecule has 6 nitrogen and oxygen atoms in total. The first-order valence-electron chi connectivity index (χ1n) is 11.7. The lowest BCUT2D eigenvalue weighted by Gasteiger charge is -2.29. The van der Waals surface area contributed by atoms with Gasteiger partial charge in [-0.15, -0.1) is 0 Å². The van der Waals surface area contributed by atoms with Gasteiger partial charge < -0.3 is 19.1 Å². The van der Waals surface area contributed by atoms with Gasteiger partial charge in [-0.2, -0.15) is 0 Å². The lowest BCUT2D eigenvalue weighted by atomic mass is 9.93. The number of carbonyl (C=O) groups is 1. The van der Waals surface area contributed by atoms with Crippen LogP contribution in [0.1, 0.15) is 27.4 Å². The molecule has 1 saturated heterocycles. The molecular weight excluding hydrogens is 535 g/mol. The smallest absolute Gasteiger partial charge is 0.254 e. The molecule has 0 unspecified atom stereocenters. The normalized spacial score (nSPS) is 17.2. The summed E-state index contributed by atoms with van der Waals surface area (Å²) in [6.07, 6.45) is 0. The monoisotopic (exact) mass is 562 g/mol. The van der Waals surface area contributed by atoms with Crippen molar-refractivity contribution in [3.05, 3.63) is 86.4 Å². The predicted molar refractivity (Wildman–Crippen MR) is 148 cm³/mol. The van der Waals surface area contributed by atoms with Gasteiger partial charge in [-0.25, -0.2) is 0 Å². The van der Waals surface area contributed by atoms with Gasteiger partial charge in [-0.1, -0.05) is 53.0 Å². The molecule has 1 aliphatic rings. The number of ether oxygens (including phenoxy) is 3. The van der Waals surface area contributed by atoms with Crippen LogP contribution in [0, 0.1) is 0 Å². The molecule has 0 spiro atoms. The standard InChI is InChI=1S/C28H29Cl3N2O4/c1-32(14-17-5-10-22(30)23(31)11-17)24-16-33(15-21(24)18-6-8-20(29)9-7-18)28(34)19-12-25(35-2)27(37-4)26(13-19)36-3/h5-13,21,24H,14-16H2,1-4H3/t21-,24+/m1/s1. The van der Waals surface area contributed by atoms with Crippen molar-refractivity contribution in [1.29, 1.82) is 0 Å². The number of nitrogens with zero attached hydrogens (tertiary/aromatic N) is 2. The number of amides is 1. The van der Waals surface area contributed by atoms with Crippen LogP contribution in [0.25, 0.3) is 0 Å². The van der Waals surface area contributed by atoms with Crippen molar-refractivity contribution < 1.29 is 19.0 Å². The molecule has 0 aromatic heterocycles. The Morgan fingerprint density at radius 1 is 0.892 bits per heavy atom. The molecule has 3 aromatic carbocycles. The van der Waals surface area contributed by atoms with Crippen LogP contribution in [-0.4, -0.2) is 63.2 Å². The summed E-state index contributed by atoms with van der Waals surface area (Å²) in [7, 11) is 6.66. The van der Waals surface area contributed by atoms with Crippen LogP contribution >= 0.6 is 34.8 Å². The van der Waals surface area contributed by atoms with Crippen LogP contribution in [0.3, 0.4) is 0 Å². The summed E-state index contributed by atoms with van der Waals surface area (Å²) >= 11 is 18.5. The summed E-state index contributed by atoms with van der Waals surface area (Å²) in [5.41, 5.74) is 2.63. The molecule has 1 aliphatic heterocycles. The highest BCUT2D eigenvalue weighted by Gasteiger charge is 2.39. The molecule has 1 fully saturated rings. The van der Waals surface area contributed by atoms with Crippen LogP contribution < -0.4 is 14.2 Å². The summed E-state index contributed by atoms with van der Waals surface area (Å²) in [5, 5.41) is 1.72. The quantitative estimate of drug-likeness (QED) is 0.317. The van der Waals surface area contributed by atoms with E-state index in [2.05, 4.69) is 11.9 Å². The van der Waals surface area contributed by atoms with Crippen molar-refractivity contribution in [2.24, 2.45) is 0 Å². The molecule has 1 heterocycles. The van der Waals surface area contributed by atoms with Gasteiger partial charge in [-0.3, -0.25) is 9.69 Å². The van der Waals surface area contributed by atoms with E-state index in [4.69, 9.17) is 49.0 Å². The summed E-state index contributed by atoms with van der Waals surface area (Å²) in [4.78, 5) is 17.8. The number of likely N-dealkylation sites (tertiary alicyclic amines) is 1. The van der Waals surface area contributed by atoms with Gasteiger partial charge >= 0.3 is 0 Å². The van der Waals surface area contributed by atoms with E-state index in [0.29, 0.717) is 57.5 Å². The molecule has 9 heteroatoms. The number of likely N-dealkylation sites (N-methyl/N-ethyl adjacent to an activating group) is 1. The van der Waals surface area contributed by atoms with Crippen molar-refractivity contribution >= 4 is 40.7 Å². The number of carbonyl (C=O) groups excluding carboxylic acids is 1. The van der Waals surface area contributed by atoms with Crippen molar-refractivity contribution in [3.63, 3.8) is 0 Å². The van der Waals surface area contributed by atoms with Crippen LogP contribution in [0.2, 0.25) is 15.1 Å². The maximum Gasteiger partial charge on any atom is 0.254 e. The second kappa shape index (κ2) is 11.8. The topological polar surface area (TPSA) is 51.2 Å². The zero-order valence-electron chi connectivity index (χ0n) is 21.1. The number of methoxy groups -OCH3 is 3. The van der Waals surface area contributed by atoms with Gasteiger partial charge in [-0.05, 0) is 54.6 Å². The van der Waals surface area contributed by atoms with Crippen molar-refractivity contribution in [2.75, 3.05) is 41.5 Å². The fourth-order valence-electron chi connectivity index (χ4n) is 4.87. The van der Waals surface area contributed by atoms with Crippen LogP contribution in [0.15, 0.2) is 54.6 Å². The Bertz CT molecular complexity index is 1240. The first-order chi connectivity index (χ1) is 17.7. The summed E-state index contributed by atoms with van der Waals surface area (Å²) in [5.74, 6) is 1.29. The number of halogens is 3. The van der Waals surface area contributed by atoms with E-state index in [1.807, 2.05) is 41.3 Å². The molecule has 0 bridgehead atoms. The zero-order valence-corrected chi connectivity index (χ0v) is 23.4. The zero-order chi connectivity index (χ0) is 26.7. The van der Waals surface area contributed by atoms with Gasteiger partial charge in [0.1, 0.15) is 0 Å². The summed E-state index contributed by atoms with van der Waals surface area (Å²) < 4.78 is 16.3. The molecule has 37 heavy (non-hydrogen) atoms. The second-order valence-corrected chi connectivity index (χ2v) is 10.3. The van der Waals surface area contributed by atoms with Gasteiger partial charge in [0.2, 0.25) is 5.75 Å². The van der Waals surface area contributed by atoms with Crippen molar-refractivity contribution in [3.8, 4) is 17.2 Å². The molecule has 2 atom stereocenters. The average molecular weight is 564 g/mol. The largest absolute Gasteiger partial charge is 0.493 e. The lowest BCUT2D eigenvalue weighted by molar-refractivity contribution is 0.0778. The lowest BCUT2D eigenvalue weighted by Crippen LogP contribution is -2.38. The highest BCUT2D eigenvalue weighted by atomic mass is 35.5. The molecule has 1 amide bonds. The fraction of sp³-hybridized carbons (Fsp3) is 0.321. The Hall–Kier alpha value is -2.64. The van der Waals surface area contributed by atoms with Crippen molar-refractivity contribution in [1.82, 2.24) is 9.80 Å². The van der Waals surface area contributed by atoms with E-state index in [-0.39, 0.29) is 17.9 Å². The van der Waals surface area contributed by atoms with E-state index in [1.165, 1.54) is 21.3 Å². The van der Waals surface area contributed by atoms with Gasteiger partial charge in [0.15, 0.2) is 11.5 Å². The molecule has 4 rings (SSSR count). The third-order valence-electron chi connectivity index (χ3n) is 6.77. The van der Waals surface area contributed by atoms with Crippen LogP contribution in [0.5, 0.6) is 17.2 Å². The number of hydrogen-bond donors (Lipinski definition) is 0. The highest BCUT2D eigenvalue weighted by Crippen LogP contribution is 2.40. The molecule has 0 saturated carbocycles. The highest BCUT2D eigenvalue weighted by molar-refractivity contribution is 6.42. The van der Waals surface area contributed by atoms with Gasteiger partial charge in [0.25, 0.3) is 5.91 Å². The van der Waals surface area contributed by atoms with Crippen molar-refractivity contribution in [2.45, 2.75) is 18.5 Å². The minimum absolute atomic E-state index is 0.0571. The second-order valence-electron chi connectivity index (χ2n) is 9.01. The maximum absolute atomic E-state index is 13.7. The van der Waals surface area contributed by atoms with E-state index in [0.717, 1.165) is 11.1 Å². The van der Waals surface area contributed by atoms with E-state index >= 15 is 0 Å². The molecule has 196 valence electrons. The Balaban J connectivity index is 1.64. The Kier molecular flexibility index (Phi) is 8.75. The van der Waals surface area contributed by atoms with Crippen LogP contribution in [-0.2, 0) is 6.54 Å². The van der Waals surface area contributed by atoms with Gasteiger partial charge in [0.05, 0.1) is 31.4 Å². The Morgan fingerprint density at radius 3 is 2.11 bits per heavy atom. The minimum Gasteiger partial charge on any atom is -0.493 e. The van der Waals surface area contributed by atoms with E-state index in [1.54, 1.807) is 18.2 Å². The van der Waals surface area contributed by atoms with E-state index < -0.39 is 0 Å². The summed E-state index contributed by atoms with van der Waals surface area (Å²) in [6.45, 7) is 1.74. The van der Waals surface area contributed by atoms with E-state index in [9.17, 15) is 4.79 Å². The predicted octanol–water partition coefficient (Wildman–Crippen LogP) is 6.41. The van der Waals surface area contributed by atoms with Gasteiger partial charge in [0, 0.05) is 42.2 Å². The summed E-state index contributed by atoms with van der Waals surface area (Å²) in [6, 6.07) is 16.9. The average Bonchev–Trinajstić information content (AvgIpc) is 3.35. The number of rotatable bonds is 8. The number of benzene rings is 3. The SMILES string of the molecule is COc1cc(C(=O)N2C[C@H](c3ccc(Cl)cc3)[C@@H](N(C)Cc3ccc(Cl)c(Cl)c3)C2)cc(OC)c1OC. The molecule has 0 radical (unpaired) electrons. The minimum atomic E-state index is -0.108. The molecule has 0 N–H and O–H groups in total. The third kappa shape index (κ3) is 5.93. The first-order valence-corrected chi connectivity index (χ1v) is 12.9. The third-order valence-corrected chi connectivity index (χ3v) is 7.76. The Morgan fingerprint density at radius 2 is 1.54 bits per heavy atom. The first kappa shape index (κ1) is 27.4. The molecule has 0 aliphatic carbocycles. The fourth-order valence-corrected chi connectivity index (χ4v) is 5.31. The molecular formula is C28H29Cl3N2O4. The number of hydrogen-bond acceptors (Lipinski definition) is 5. The van der Waals surface area contributed by atoms with Crippen LogP contribution in [0.4, 0.5) is 0 Å².